The summed E-state index contributed by atoms with van der Waals surface area (Å²) in [5.74, 6) is -0.627. The number of hydrogen-bond acceptors (Lipinski definition) is 3. The fourth-order valence-corrected chi connectivity index (χ4v) is 2.12. The number of aromatic nitrogens is 1. The van der Waals surface area contributed by atoms with E-state index in [-0.39, 0.29) is 24.1 Å². The third-order valence-electron chi connectivity index (χ3n) is 3.17. The van der Waals surface area contributed by atoms with Crippen molar-refractivity contribution in [1.82, 2.24) is 15.6 Å². The summed E-state index contributed by atoms with van der Waals surface area (Å²) in [4.78, 5) is 15.9. The first-order valence-electron chi connectivity index (χ1n) is 7.30. The van der Waals surface area contributed by atoms with Crippen LogP contribution in [0.2, 0.25) is 0 Å². The lowest BCUT2D eigenvalue weighted by Crippen LogP contribution is -2.27. The van der Waals surface area contributed by atoms with Crippen molar-refractivity contribution in [2.75, 3.05) is 13.1 Å². The minimum absolute atomic E-state index is 0. The Balaban J connectivity index is 0.00000264. The first-order valence-corrected chi connectivity index (χ1v) is 7.30. The summed E-state index contributed by atoms with van der Waals surface area (Å²) in [6.45, 7) is 3.86. The highest BCUT2D eigenvalue weighted by atomic mass is 35.5. The van der Waals surface area contributed by atoms with Gasteiger partial charge in [0.15, 0.2) is 0 Å². The Morgan fingerprint density at radius 2 is 2.09 bits per heavy atom. The van der Waals surface area contributed by atoms with Crippen LogP contribution in [0.3, 0.4) is 0 Å². The smallest absolute Gasteiger partial charge is 0.251 e. The zero-order valence-corrected chi connectivity index (χ0v) is 13.8. The zero-order valence-electron chi connectivity index (χ0n) is 13.0. The maximum Gasteiger partial charge on any atom is 0.251 e. The second-order valence-corrected chi connectivity index (χ2v) is 5.16. The van der Waals surface area contributed by atoms with Gasteiger partial charge in [-0.2, -0.15) is 0 Å². The van der Waals surface area contributed by atoms with Crippen LogP contribution in [0.25, 0.3) is 0 Å². The third kappa shape index (κ3) is 6.76. The summed E-state index contributed by atoms with van der Waals surface area (Å²) in [7, 11) is 0. The van der Waals surface area contributed by atoms with Crippen LogP contribution >= 0.6 is 12.4 Å². The molecule has 0 radical (unpaired) electrons. The summed E-state index contributed by atoms with van der Waals surface area (Å²) in [5, 5.41) is 6.08. The number of halogens is 2. The van der Waals surface area contributed by atoms with E-state index in [1.54, 1.807) is 19.2 Å². The van der Waals surface area contributed by atoms with Crippen LogP contribution in [0.1, 0.15) is 27.9 Å². The number of hydrogen-bond donors (Lipinski definition) is 2. The van der Waals surface area contributed by atoms with Crippen LogP contribution in [-0.4, -0.2) is 24.0 Å². The summed E-state index contributed by atoms with van der Waals surface area (Å²) < 4.78 is 13.2. The van der Waals surface area contributed by atoms with Crippen LogP contribution in [-0.2, 0) is 6.54 Å². The first kappa shape index (κ1) is 19.1. The number of aryl methyl sites for hydroxylation is 1. The molecule has 1 amide bonds. The van der Waals surface area contributed by atoms with Crippen molar-refractivity contribution in [2.24, 2.45) is 0 Å². The second-order valence-electron chi connectivity index (χ2n) is 5.16. The summed E-state index contributed by atoms with van der Waals surface area (Å²) in [5.41, 5.74) is 2.23. The Labute approximate surface area is 141 Å². The van der Waals surface area contributed by atoms with Gasteiger partial charge in [-0.1, -0.05) is 6.07 Å². The monoisotopic (exact) mass is 337 g/mol. The molecule has 0 aliphatic rings. The molecule has 0 bridgehead atoms. The normalized spacial score (nSPS) is 10.0. The number of benzene rings is 1. The molecular formula is C17H21ClFN3O. The van der Waals surface area contributed by atoms with E-state index in [0.29, 0.717) is 12.1 Å². The average Bonchev–Trinajstić information content (AvgIpc) is 2.50. The van der Waals surface area contributed by atoms with Gasteiger partial charge in [0.2, 0.25) is 0 Å². The van der Waals surface area contributed by atoms with Crippen LogP contribution in [0.5, 0.6) is 0 Å². The molecule has 0 atom stereocenters. The highest BCUT2D eigenvalue weighted by molar-refractivity contribution is 5.94. The average molecular weight is 338 g/mol. The molecule has 1 aromatic heterocycles. The largest absolute Gasteiger partial charge is 0.352 e. The SMILES string of the molecule is Cc1cc(F)cc(C(=O)NCCCNCc2cccnc2)c1.Cl. The molecule has 0 fully saturated rings. The number of rotatable bonds is 7. The van der Waals surface area contributed by atoms with E-state index < -0.39 is 0 Å². The molecule has 4 nitrogen and oxygen atoms in total. The molecule has 1 aromatic carbocycles. The summed E-state index contributed by atoms with van der Waals surface area (Å²) >= 11 is 0. The molecule has 0 aliphatic carbocycles. The van der Waals surface area contributed by atoms with E-state index in [4.69, 9.17) is 0 Å². The van der Waals surface area contributed by atoms with Gasteiger partial charge in [-0.25, -0.2) is 4.39 Å². The van der Waals surface area contributed by atoms with E-state index in [1.165, 1.54) is 12.1 Å². The molecule has 0 spiro atoms. The van der Waals surface area contributed by atoms with Gasteiger partial charge in [0, 0.05) is 31.0 Å². The van der Waals surface area contributed by atoms with E-state index >= 15 is 0 Å². The minimum atomic E-state index is -0.386. The maximum absolute atomic E-state index is 13.2. The van der Waals surface area contributed by atoms with Crippen molar-refractivity contribution in [3.63, 3.8) is 0 Å². The zero-order chi connectivity index (χ0) is 15.8. The lowest BCUT2D eigenvalue weighted by molar-refractivity contribution is 0.0952. The molecule has 0 aliphatic heterocycles. The van der Waals surface area contributed by atoms with Gasteiger partial charge in [0.1, 0.15) is 5.82 Å². The molecule has 23 heavy (non-hydrogen) atoms. The predicted octanol–water partition coefficient (Wildman–Crippen LogP) is 2.86. The van der Waals surface area contributed by atoms with Crippen LogP contribution in [0, 0.1) is 12.7 Å². The van der Waals surface area contributed by atoms with Crippen molar-refractivity contribution >= 4 is 18.3 Å². The Bertz CT molecular complexity index is 602. The number of pyridine rings is 1. The van der Waals surface area contributed by atoms with Crippen LogP contribution in [0.4, 0.5) is 4.39 Å². The molecule has 0 unspecified atom stereocenters. The van der Waals surface area contributed by atoms with E-state index in [0.717, 1.165) is 30.6 Å². The number of nitrogens with zero attached hydrogens (tertiary/aromatic N) is 1. The van der Waals surface area contributed by atoms with Crippen molar-refractivity contribution < 1.29 is 9.18 Å². The van der Waals surface area contributed by atoms with Crippen molar-refractivity contribution in [1.29, 1.82) is 0 Å². The lowest BCUT2D eigenvalue weighted by atomic mass is 10.1. The van der Waals surface area contributed by atoms with Crippen molar-refractivity contribution in [2.45, 2.75) is 19.9 Å². The molecule has 6 heteroatoms. The van der Waals surface area contributed by atoms with Gasteiger partial charge < -0.3 is 10.6 Å². The highest BCUT2D eigenvalue weighted by Gasteiger charge is 2.06. The van der Waals surface area contributed by atoms with Gasteiger partial charge in [-0.3, -0.25) is 9.78 Å². The summed E-state index contributed by atoms with van der Waals surface area (Å²) in [6.07, 6.45) is 4.37. The van der Waals surface area contributed by atoms with Gasteiger partial charge in [0.05, 0.1) is 0 Å². The fourth-order valence-electron chi connectivity index (χ4n) is 2.12. The molecule has 2 N–H and O–H groups in total. The Kier molecular flexibility index (Phi) is 8.22. The van der Waals surface area contributed by atoms with Crippen molar-refractivity contribution in [3.8, 4) is 0 Å². The van der Waals surface area contributed by atoms with Crippen LogP contribution in [0.15, 0.2) is 42.7 Å². The molecule has 2 rings (SSSR count). The standard InChI is InChI=1S/C17H20FN3O.ClH/c1-13-8-15(10-16(18)9-13)17(22)21-7-3-6-20-12-14-4-2-5-19-11-14;/h2,4-5,8-11,20H,3,6-7,12H2,1H3,(H,21,22);1H. The van der Waals surface area contributed by atoms with Gasteiger partial charge in [0.25, 0.3) is 5.91 Å². The Morgan fingerprint density at radius 3 is 2.78 bits per heavy atom. The minimum Gasteiger partial charge on any atom is -0.352 e. The molecule has 2 aromatic rings. The van der Waals surface area contributed by atoms with E-state index in [2.05, 4.69) is 15.6 Å². The van der Waals surface area contributed by atoms with Gasteiger partial charge >= 0.3 is 0 Å². The van der Waals surface area contributed by atoms with E-state index in [1.807, 2.05) is 18.3 Å². The number of nitrogens with one attached hydrogen (secondary N) is 2. The fraction of sp³-hybridized carbons (Fsp3) is 0.294. The second kappa shape index (κ2) is 9.92. The third-order valence-corrected chi connectivity index (χ3v) is 3.17. The number of amides is 1. The number of carbonyl (C=O) groups excluding carboxylic acids is 1. The van der Waals surface area contributed by atoms with Gasteiger partial charge in [-0.15, -0.1) is 12.4 Å². The first-order chi connectivity index (χ1) is 10.6. The highest BCUT2D eigenvalue weighted by Crippen LogP contribution is 2.08. The maximum atomic E-state index is 13.2. The van der Waals surface area contributed by atoms with Gasteiger partial charge in [-0.05, 0) is 55.3 Å². The molecule has 0 saturated carbocycles. The van der Waals surface area contributed by atoms with Crippen LogP contribution < -0.4 is 10.6 Å². The topological polar surface area (TPSA) is 54.0 Å². The van der Waals surface area contributed by atoms with Crippen molar-refractivity contribution in [3.05, 3.63) is 65.2 Å². The van der Waals surface area contributed by atoms with E-state index in [9.17, 15) is 9.18 Å². The lowest BCUT2D eigenvalue weighted by Gasteiger charge is -2.07. The molecular weight excluding hydrogens is 317 g/mol. The summed E-state index contributed by atoms with van der Waals surface area (Å²) in [6, 6.07) is 8.24. The molecule has 1 heterocycles. The Morgan fingerprint density at radius 1 is 1.26 bits per heavy atom. The number of carbonyl (C=O) groups is 1. The quantitative estimate of drug-likeness (QED) is 0.764. The Hall–Kier alpha value is -1.98. The predicted molar refractivity (Wildman–Crippen MR) is 91.3 cm³/mol. The molecule has 124 valence electrons. The molecule has 0 saturated heterocycles.